The normalized spacial score (nSPS) is 9.74. The van der Waals surface area contributed by atoms with E-state index < -0.39 is 24.3 Å². The van der Waals surface area contributed by atoms with Crippen LogP contribution in [0.2, 0.25) is 0 Å². The van der Waals surface area contributed by atoms with Crippen molar-refractivity contribution in [1.29, 1.82) is 5.26 Å². The van der Waals surface area contributed by atoms with Gasteiger partial charge in [-0.2, -0.15) is 5.26 Å². The average Bonchev–Trinajstić information content (AvgIpc) is 2.56. The van der Waals surface area contributed by atoms with E-state index in [1.807, 2.05) is 6.07 Å². The third kappa shape index (κ3) is 4.93. The molecule has 0 aromatic heterocycles. The fraction of sp³-hybridized carbons (Fsp3) is 0.118. The first kappa shape index (κ1) is 16.2. The Bertz CT molecular complexity index is 751. The first-order valence-electron chi connectivity index (χ1n) is 6.77. The van der Waals surface area contributed by atoms with E-state index in [4.69, 9.17) is 10.00 Å². The van der Waals surface area contributed by atoms with Crippen LogP contribution in [0.5, 0.6) is 0 Å². The smallest absolute Gasteiger partial charge is 0.310 e. The van der Waals surface area contributed by atoms with Gasteiger partial charge in [-0.3, -0.25) is 9.59 Å². The van der Waals surface area contributed by atoms with Crippen LogP contribution >= 0.6 is 0 Å². The van der Waals surface area contributed by atoms with Crippen molar-refractivity contribution in [2.75, 3.05) is 11.9 Å². The summed E-state index contributed by atoms with van der Waals surface area (Å²) in [4.78, 5) is 23.3. The number of carbonyl (C=O) groups excluding carboxylic acids is 2. The van der Waals surface area contributed by atoms with Crippen molar-refractivity contribution in [3.8, 4) is 6.07 Å². The molecule has 0 saturated heterocycles. The van der Waals surface area contributed by atoms with E-state index in [1.165, 1.54) is 18.2 Å². The molecule has 0 aliphatic carbocycles. The van der Waals surface area contributed by atoms with E-state index >= 15 is 0 Å². The van der Waals surface area contributed by atoms with Crippen molar-refractivity contribution < 1.29 is 18.7 Å². The van der Waals surface area contributed by atoms with Crippen LogP contribution in [-0.4, -0.2) is 18.5 Å². The Morgan fingerprint density at radius 1 is 1.13 bits per heavy atom. The number of nitrogens with zero attached hydrogens (tertiary/aromatic N) is 1. The van der Waals surface area contributed by atoms with Gasteiger partial charge in [-0.15, -0.1) is 0 Å². The summed E-state index contributed by atoms with van der Waals surface area (Å²) in [6.45, 7) is -0.465. The summed E-state index contributed by atoms with van der Waals surface area (Å²) in [5.74, 6) is -1.70. The molecule has 0 fully saturated rings. The van der Waals surface area contributed by atoms with Gasteiger partial charge in [-0.05, 0) is 35.9 Å². The Morgan fingerprint density at radius 3 is 2.48 bits per heavy atom. The van der Waals surface area contributed by atoms with Crippen LogP contribution in [0.3, 0.4) is 0 Å². The molecule has 116 valence electrons. The lowest BCUT2D eigenvalue weighted by Crippen LogP contribution is -2.21. The summed E-state index contributed by atoms with van der Waals surface area (Å²) >= 11 is 0. The molecule has 0 unspecified atom stereocenters. The minimum Gasteiger partial charge on any atom is -0.455 e. The van der Waals surface area contributed by atoms with Crippen LogP contribution in [0.4, 0.5) is 10.1 Å². The van der Waals surface area contributed by atoms with Gasteiger partial charge in [0, 0.05) is 5.69 Å². The second kappa shape index (κ2) is 7.71. The highest BCUT2D eigenvalue weighted by Gasteiger charge is 2.11. The van der Waals surface area contributed by atoms with Crippen LogP contribution in [0.25, 0.3) is 0 Å². The molecule has 0 radical (unpaired) electrons. The number of rotatable bonds is 5. The highest BCUT2D eigenvalue weighted by molar-refractivity contribution is 5.92. The van der Waals surface area contributed by atoms with Crippen LogP contribution in [-0.2, 0) is 20.7 Å². The molecule has 2 rings (SSSR count). The Kier molecular flexibility index (Phi) is 5.42. The minimum absolute atomic E-state index is 0.213. The number of esters is 1. The average molecular weight is 312 g/mol. The standard InChI is InChI=1S/C17H13FN2O3/c18-15-4-2-1-3-13(15)9-17(22)23-11-16(21)20-14-7-5-12(10-19)6-8-14/h1-8H,9,11H2,(H,20,21). The van der Waals surface area contributed by atoms with Gasteiger partial charge in [-0.25, -0.2) is 4.39 Å². The van der Waals surface area contributed by atoms with Gasteiger partial charge in [-0.1, -0.05) is 18.2 Å². The van der Waals surface area contributed by atoms with Gasteiger partial charge in [0.05, 0.1) is 18.1 Å². The molecule has 0 aliphatic heterocycles. The quantitative estimate of drug-likeness (QED) is 0.860. The van der Waals surface area contributed by atoms with Crippen LogP contribution < -0.4 is 5.32 Å². The lowest BCUT2D eigenvalue weighted by Gasteiger charge is -2.07. The second-order valence-corrected chi connectivity index (χ2v) is 4.67. The Morgan fingerprint density at radius 2 is 1.83 bits per heavy atom. The van der Waals surface area contributed by atoms with E-state index in [0.29, 0.717) is 11.3 Å². The van der Waals surface area contributed by atoms with Gasteiger partial charge >= 0.3 is 5.97 Å². The molecule has 2 aromatic rings. The summed E-state index contributed by atoms with van der Waals surface area (Å²) in [5.41, 5.74) is 1.17. The molecule has 0 atom stereocenters. The molecule has 23 heavy (non-hydrogen) atoms. The molecule has 1 amide bonds. The highest BCUT2D eigenvalue weighted by Crippen LogP contribution is 2.09. The predicted octanol–water partition coefficient (Wildman–Crippen LogP) is 2.42. The molecule has 6 heteroatoms. The number of nitriles is 1. The van der Waals surface area contributed by atoms with Gasteiger partial charge < -0.3 is 10.1 Å². The van der Waals surface area contributed by atoms with E-state index in [0.717, 1.165) is 0 Å². The molecule has 0 bridgehead atoms. The van der Waals surface area contributed by atoms with Gasteiger partial charge in [0.2, 0.25) is 0 Å². The van der Waals surface area contributed by atoms with Crippen LogP contribution in [0.15, 0.2) is 48.5 Å². The molecule has 1 N–H and O–H groups in total. The van der Waals surface area contributed by atoms with E-state index in [-0.39, 0.29) is 12.0 Å². The summed E-state index contributed by atoms with van der Waals surface area (Å²) in [6, 6.07) is 14.1. The summed E-state index contributed by atoms with van der Waals surface area (Å²) in [6.07, 6.45) is -0.239. The number of hydrogen-bond donors (Lipinski definition) is 1. The number of benzene rings is 2. The lowest BCUT2D eigenvalue weighted by molar-refractivity contribution is -0.146. The van der Waals surface area contributed by atoms with Gasteiger partial charge in [0.15, 0.2) is 6.61 Å². The first-order valence-corrected chi connectivity index (χ1v) is 6.77. The van der Waals surface area contributed by atoms with Crippen molar-refractivity contribution >= 4 is 17.6 Å². The molecule has 0 spiro atoms. The number of carbonyl (C=O) groups is 2. The van der Waals surface area contributed by atoms with Gasteiger partial charge in [0.1, 0.15) is 5.82 Å². The fourth-order valence-electron chi connectivity index (χ4n) is 1.82. The molecule has 2 aromatic carbocycles. The zero-order valence-corrected chi connectivity index (χ0v) is 12.1. The predicted molar refractivity (Wildman–Crippen MR) is 80.8 cm³/mol. The molecule has 0 heterocycles. The van der Waals surface area contributed by atoms with E-state index in [9.17, 15) is 14.0 Å². The fourth-order valence-corrected chi connectivity index (χ4v) is 1.82. The maximum Gasteiger partial charge on any atom is 0.310 e. The van der Waals surface area contributed by atoms with Crippen molar-refractivity contribution in [3.63, 3.8) is 0 Å². The SMILES string of the molecule is N#Cc1ccc(NC(=O)COC(=O)Cc2ccccc2F)cc1. The van der Waals surface area contributed by atoms with Crippen molar-refractivity contribution in [2.24, 2.45) is 0 Å². The molecule has 5 nitrogen and oxygen atoms in total. The summed E-state index contributed by atoms with van der Waals surface area (Å²) in [7, 11) is 0. The number of hydrogen-bond acceptors (Lipinski definition) is 4. The van der Waals surface area contributed by atoms with E-state index in [2.05, 4.69) is 5.32 Å². The lowest BCUT2D eigenvalue weighted by atomic mass is 10.1. The summed E-state index contributed by atoms with van der Waals surface area (Å²) in [5, 5.41) is 11.2. The highest BCUT2D eigenvalue weighted by atomic mass is 19.1. The first-order chi connectivity index (χ1) is 11.1. The van der Waals surface area contributed by atoms with Crippen LogP contribution in [0.1, 0.15) is 11.1 Å². The van der Waals surface area contributed by atoms with Crippen molar-refractivity contribution in [1.82, 2.24) is 0 Å². The third-order valence-corrected chi connectivity index (χ3v) is 2.95. The Hall–Kier alpha value is -3.20. The largest absolute Gasteiger partial charge is 0.455 e. The number of anilines is 1. The minimum atomic E-state index is -0.690. The number of halogens is 1. The second-order valence-electron chi connectivity index (χ2n) is 4.67. The molecular weight excluding hydrogens is 299 g/mol. The van der Waals surface area contributed by atoms with Crippen molar-refractivity contribution in [2.45, 2.75) is 6.42 Å². The van der Waals surface area contributed by atoms with Crippen LogP contribution in [0, 0.1) is 17.1 Å². The number of nitrogens with one attached hydrogen (secondary N) is 1. The van der Waals surface area contributed by atoms with E-state index in [1.54, 1.807) is 30.3 Å². The van der Waals surface area contributed by atoms with Crippen molar-refractivity contribution in [3.05, 3.63) is 65.5 Å². The third-order valence-electron chi connectivity index (χ3n) is 2.95. The zero-order chi connectivity index (χ0) is 16.7. The topological polar surface area (TPSA) is 79.2 Å². The molecule has 0 saturated carbocycles. The Balaban J connectivity index is 1.80. The number of amides is 1. The maximum atomic E-state index is 13.4. The maximum absolute atomic E-state index is 13.4. The molecule has 0 aliphatic rings. The molecular formula is C17H13FN2O3. The monoisotopic (exact) mass is 312 g/mol. The zero-order valence-electron chi connectivity index (χ0n) is 12.1. The number of ether oxygens (including phenoxy) is 1. The Labute approximate surface area is 132 Å². The summed E-state index contributed by atoms with van der Waals surface area (Å²) < 4.78 is 18.2. The van der Waals surface area contributed by atoms with Gasteiger partial charge in [0.25, 0.3) is 5.91 Å².